The predicted molar refractivity (Wildman–Crippen MR) is 116 cm³/mol. The predicted octanol–water partition coefficient (Wildman–Crippen LogP) is 2.23. The van der Waals surface area contributed by atoms with Crippen LogP contribution >= 0.6 is 0 Å². The maximum Gasteiger partial charge on any atom is 0.330 e. The van der Waals surface area contributed by atoms with Gasteiger partial charge in [-0.3, -0.25) is 19.1 Å². The van der Waals surface area contributed by atoms with Crippen molar-refractivity contribution in [2.24, 2.45) is 0 Å². The third kappa shape index (κ3) is 4.12. The lowest BCUT2D eigenvalue weighted by Gasteiger charge is -2.24. The summed E-state index contributed by atoms with van der Waals surface area (Å²) in [4.78, 5) is 41.9. The zero-order valence-corrected chi connectivity index (χ0v) is 16.9. The molecule has 0 fully saturated rings. The minimum absolute atomic E-state index is 0.0654. The number of para-hydroxylation sites is 1. The summed E-state index contributed by atoms with van der Waals surface area (Å²) in [6.45, 7) is 4.28. The lowest BCUT2D eigenvalue weighted by atomic mass is 10.1. The van der Waals surface area contributed by atoms with Crippen molar-refractivity contribution in [2.75, 3.05) is 23.8 Å². The van der Waals surface area contributed by atoms with E-state index in [-0.39, 0.29) is 24.6 Å². The Morgan fingerprint density at radius 2 is 1.73 bits per heavy atom. The normalized spacial score (nSPS) is 10.6. The number of rotatable bonds is 7. The number of carbonyl (C=O) groups is 1. The van der Waals surface area contributed by atoms with Gasteiger partial charge >= 0.3 is 5.69 Å². The molecule has 0 atom stereocenters. The highest BCUT2D eigenvalue weighted by atomic mass is 16.5. The van der Waals surface area contributed by atoms with Gasteiger partial charge in [-0.15, -0.1) is 0 Å². The number of ether oxygens (including phenoxy) is 1. The molecule has 156 valence electrons. The zero-order valence-electron chi connectivity index (χ0n) is 16.9. The second-order valence-corrected chi connectivity index (χ2v) is 6.54. The zero-order chi connectivity index (χ0) is 21.7. The molecule has 2 aromatic carbocycles. The summed E-state index contributed by atoms with van der Waals surface area (Å²) in [6.07, 6.45) is 0. The van der Waals surface area contributed by atoms with E-state index in [2.05, 4.69) is 4.98 Å². The smallest absolute Gasteiger partial charge is 0.330 e. The summed E-state index contributed by atoms with van der Waals surface area (Å²) < 4.78 is 6.80. The molecule has 3 aromatic rings. The number of hydrogen-bond donors (Lipinski definition) is 2. The minimum Gasteiger partial charge on any atom is -0.493 e. The van der Waals surface area contributed by atoms with Crippen molar-refractivity contribution < 1.29 is 9.53 Å². The standard InChI is InChI=1S/C22H24N4O4/c1-3-25(21(28)16-12-8-9-13-17(16)30-4-2)18-19(23)26(22(29)24-20(18)27)14-15-10-6-5-7-11-15/h5-13H,3-4,14,23H2,1-2H3,(H,24,27,29). The van der Waals surface area contributed by atoms with E-state index in [0.29, 0.717) is 17.9 Å². The van der Waals surface area contributed by atoms with Crippen molar-refractivity contribution in [2.45, 2.75) is 20.4 Å². The van der Waals surface area contributed by atoms with Crippen LogP contribution in [-0.2, 0) is 6.54 Å². The number of nitrogens with two attached hydrogens (primary N) is 1. The molecule has 3 N–H and O–H groups in total. The van der Waals surface area contributed by atoms with E-state index in [1.165, 1.54) is 9.47 Å². The molecule has 0 bridgehead atoms. The fraction of sp³-hybridized carbons (Fsp3) is 0.227. The minimum atomic E-state index is -0.717. The topological polar surface area (TPSA) is 110 Å². The van der Waals surface area contributed by atoms with Crippen molar-refractivity contribution >= 4 is 17.4 Å². The number of anilines is 2. The molecule has 1 heterocycles. The number of benzene rings is 2. The fourth-order valence-corrected chi connectivity index (χ4v) is 3.23. The van der Waals surface area contributed by atoms with Gasteiger partial charge in [0.1, 0.15) is 11.6 Å². The summed E-state index contributed by atoms with van der Waals surface area (Å²) in [7, 11) is 0. The molecule has 30 heavy (non-hydrogen) atoms. The average Bonchev–Trinajstić information content (AvgIpc) is 2.75. The maximum absolute atomic E-state index is 13.3. The second kappa shape index (κ2) is 9.13. The van der Waals surface area contributed by atoms with E-state index < -0.39 is 17.2 Å². The molecule has 8 nitrogen and oxygen atoms in total. The number of hydrogen-bond acceptors (Lipinski definition) is 5. The van der Waals surface area contributed by atoms with Crippen LogP contribution in [0.1, 0.15) is 29.8 Å². The van der Waals surface area contributed by atoms with Crippen LogP contribution in [0.4, 0.5) is 11.5 Å². The Morgan fingerprint density at radius 1 is 1.07 bits per heavy atom. The number of amides is 1. The molecule has 1 aromatic heterocycles. The highest BCUT2D eigenvalue weighted by Gasteiger charge is 2.26. The Morgan fingerprint density at radius 3 is 2.40 bits per heavy atom. The molecular weight excluding hydrogens is 384 g/mol. The van der Waals surface area contributed by atoms with Crippen LogP contribution in [-0.4, -0.2) is 28.6 Å². The monoisotopic (exact) mass is 408 g/mol. The van der Waals surface area contributed by atoms with Crippen LogP contribution in [0.5, 0.6) is 5.75 Å². The van der Waals surface area contributed by atoms with Crippen LogP contribution < -0.4 is 26.6 Å². The van der Waals surface area contributed by atoms with E-state index in [0.717, 1.165) is 5.56 Å². The fourth-order valence-electron chi connectivity index (χ4n) is 3.23. The van der Waals surface area contributed by atoms with Crippen LogP contribution in [0.15, 0.2) is 64.2 Å². The molecule has 0 spiro atoms. The average molecular weight is 408 g/mol. The van der Waals surface area contributed by atoms with Gasteiger partial charge in [0.05, 0.1) is 18.7 Å². The first kappa shape index (κ1) is 20.9. The maximum atomic E-state index is 13.3. The molecule has 8 heteroatoms. The number of nitrogen functional groups attached to an aromatic ring is 1. The van der Waals surface area contributed by atoms with E-state index >= 15 is 0 Å². The number of aromatic amines is 1. The highest BCUT2D eigenvalue weighted by Crippen LogP contribution is 2.24. The lowest BCUT2D eigenvalue weighted by molar-refractivity contribution is 0.0984. The van der Waals surface area contributed by atoms with Gasteiger partial charge in [0.25, 0.3) is 11.5 Å². The third-order valence-corrected chi connectivity index (χ3v) is 4.65. The van der Waals surface area contributed by atoms with Crippen LogP contribution in [0, 0.1) is 0 Å². The van der Waals surface area contributed by atoms with Crippen LogP contribution in [0.3, 0.4) is 0 Å². The number of aromatic nitrogens is 2. The quantitative estimate of drug-likeness (QED) is 0.623. The van der Waals surface area contributed by atoms with Gasteiger partial charge < -0.3 is 15.4 Å². The first-order valence-electron chi connectivity index (χ1n) is 9.68. The van der Waals surface area contributed by atoms with Crippen molar-refractivity contribution in [1.82, 2.24) is 9.55 Å². The van der Waals surface area contributed by atoms with Gasteiger partial charge in [-0.25, -0.2) is 4.79 Å². The highest BCUT2D eigenvalue weighted by molar-refractivity contribution is 6.08. The van der Waals surface area contributed by atoms with Gasteiger partial charge in [0, 0.05) is 6.54 Å². The van der Waals surface area contributed by atoms with Crippen molar-refractivity contribution in [1.29, 1.82) is 0 Å². The summed E-state index contributed by atoms with van der Waals surface area (Å²) >= 11 is 0. The van der Waals surface area contributed by atoms with Gasteiger partial charge in [-0.1, -0.05) is 42.5 Å². The summed E-state index contributed by atoms with van der Waals surface area (Å²) in [5.74, 6) is -0.101. The van der Waals surface area contributed by atoms with E-state index in [1.54, 1.807) is 31.2 Å². The third-order valence-electron chi connectivity index (χ3n) is 4.65. The number of carbonyl (C=O) groups excluding carboxylic acids is 1. The molecule has 0 unspecified atom stereocenters. The summed E-state index contributed by atoms with van der Waals surface area (Å²) in [6, 6.07) is 16.0. The molecule has 3 rings (SSSR count). The van der Waals surface area contributed by atoms with Crippen molar-refractivity contribution in [3.63, 3.8) is 0 Å². The van der Waals surface area contributed by atoms with Crippen LogP contribution in [0.25, 0.3) is 0 Å². The SMILES string of the molecule is CCOc1ccccc1C(=O)N(CC)c1c(N)n(Cc2ccccc2)c(=O)[nH]c1=O. The molecule has 0 aliphatic rings. The Labute approximate surface area is 173 Å². The molecule has 0 saturated heterocycles. The van der Waals surface area contributed by atoms with Gasteiger partial charge in [0.2, 0.25) is 0 Å². The summed E-state index contributed by atoms with van der Waals surface area (Å²) in [5.41, 5.74) is 5.96. The van der Waals surface area contributed by atoms with Crippen LogP contribution in [0.2, 0.25) is 0 Å². The Bertz CT molecular complexity index is 1150. The molecule has 0 saturated carbocycles. The van der Waals surface area contributed by atoms with Gasteiger partial charge in [0.15, 0.2) is 5.69 Å². The van der Waals surface area contributed by atoms with E-state index in [1.807, 2.05) is 37.3 Å². The Balaban J connectivity index is 2.09. The second-order valence-electron chi connectivity index (χ2n) is 6.54. The number of H-pyrrole nitrogens is 1. The number of nitrogens with zero attached hydrogens (tertiary/aromatic N) is 2. The van der Waals surface area contributed by atoms with E-state index in [9.17, 15) is 14.4 Å². The van der Waals surface area contributed by atoms with Crippen molar-refractivity contribution in [3.8, 4) is 5.75 Å². The Hall–Kier alpha value is -3.81. The Kier molecular flexibility index (Phi) is 6.36. The van der Waals surface area contributed by atoms with Gasteiger partial charge in [-0.2, -0.15) is 0 Å². The molecule has 0 aliphatic heterocycles. The van der Waals surface area contributed by atoms with E-state index in [4.69, 9.17) is 10.5 Å². The van der Waals surface area contributed by atoms with Crippen molar-refractivity contribution in [3.05, 3.63) is 86.6 Å². The van der Waals surface area contributed by atoms with Gasteiger partial charge in [-0.05, 0) is 31.5 Å². The largest absolute Gasteiger partial charge is 0.493 e. The first-order valence-corrected chi connectivity index (χ1v) is 9.68. The molecular formula is C22H24N4O4. The lowest BCUT2D eigenvalue weighted by Crippen LogP contribution is -2.41. The molecule has 1 amide bonds. The number of nitrogens with one attached hydrogen (secondary N) is 1. The molecule has 0 radical (unpaired) electrons. The first-order chi connectivity index (χ1) is 14.5. The summed E-state index contributed by atoms with van der Waals surface area (Å²) in [5, 5.41) is 0. The molecule has 0 aliphatic carbocycles.